The molecule has 1 aromatic heterocycles. The number of halogens is 1. The molecule has 1 atom stereocenters. The maximum atomic E-state index is 12.4. The number of carbonyl (C=O) groups excluding carboxylic acids is 2. The lowest BCUT2D eigenvalue weighted by Crippen LogP contribution is -2.30. The molecule has 2 aromatic carbocycles. The summed E-state index contributed by atoms with van der Waals surface area (Å²) in [5.74, 6) is 0.473. The van der Waals surface area contributed by atoms with Gasteiger partial charge in [0.25, 0.3) is 5.91 Å². The molecule has 0 aliphatic carbocycles. The molecular formula is C21H20BrN5O3. The summed E-state index contributed by atoms with van der Waals surface area (Å²) in [6.45, 7) is 3.79. The third-order valence-corrected chi connectivity index (χ3v) is 5.19. The highest BCUT2D eigenvalue weighted by molar-refractivity contribution is 9.10. The van der Waals surface area contributed by atoms with Crippen LogP contribution in [0.1, 0.15) is 29.2 Å². The van der Waals surface area contributed by atoms with Gasteiger partial charge in [-0.05, 0) is 55.3 Å². The first kappa shape index (κ1) is 20.1. The van der Waals surface area contributed by atoms with Gasteiger partial charge >= 0.3 is 0 Å². The topological polar surface area (TPSA) is 98.1 Å². The Morgan fingerprint density at radius 2 is 2.03 bits per heavy atom. The van der Waals surface area contributed by atoms with Gasteiger partial charge in [0, 0.05) is 15.7 Å². The van der Waals surface area contributed by atoms with Crippen LogP contribution >= 0.6 is 15.9 Å². The van der Waals surface area contributed by atoms with E-state index in [0.717, 1.165) is 26.9 Å². The lowest BCUT2D eigenvalue weighted by atomic mass is 10.0. The first-order valence-corrected chi connectivity index (χ1v) is 10.2. The van der Waals surface area contributed by atoms with Gasteiger partial charge in [-0.2, -0.15) is 10.1 Å². The van der Waals surface area contributed by atoms with E-state index < -0.39 is 0 Å². The van der Waals surface area contributed by atoms with Crippen LogP contribution in [0.5, 0.6) is 5.75 Å². The van der Waals surface area contributed by atoms with Crippen LogP contribution in [0.4, 0.5) is 11.6 Å². The van der Waals surface area contributed by atoms with E-state index in [2.05, 4.69) is 36.6 Å². The van der Waals surface area contributed by atoms with Crippen molar-refractivity contribution in [2.75, 3.05) is 17.2 Å². The van der Waals surface area contributed by atoms with E-state index >= 15 is 0 Å². The van der Waals surface area contributed by atoms with Gasteiger partial charge in [-0.1, -0.05) is 22.0 Å². The lowest BCUT2D eigenvalue weighted by Gasteiger charge is -2.25. The number of hydrogen-bond acceptors (Lipinski definition) is 5. The van der Waals surface area contributed by atoms with E-state index in [-0.39, 0.29) is 30.9 Å². The number of hydrogen-bond donors (Lipinski definition) is 2. The minimum atomic E-state index is -0.383. The van der Waals surface area contributed by atoms with Crippen molar-refractivity contribution >= 4 is 39.4 Å². The van der Waals surface area contributed by atoms with Gasteiger partial charge in [-0.25, -0.2) is 4.68 Å². The van der Waals surface area contributed by atoms with Crippen LogP contribution in [0.3, 0.4) is 0 Å². The summed E-state index contributed by atoms with van der Waals surface area (Å²) in [6, 6.07) is 10.9. The molecule has 9 heteroatoms. The van der Waals surface area contributed by atoms with Crippen molar-refractivity contribution in [3.05, 3.63) is 63.9 Å². The van der Waals surface area contributed by atoms with E-state index in [1.807, 2.05) is 44.2 Å². The Morgan fingerprint density at radius 3 is 2.80 bits per heavy atom. The van der Waals surface area contributed by atoms with Gasteiger partial charge < -0.3 is 10.1 Å². The molecule has 0 radical (unpaired) electrons. The normalized spacial score (nSPS) is 15.3. The molecule has 2 amide bonds. The zero-order valence-corrected chi connectivity index (χ0v) is 18.1. The third-order valence-electron chi connectivity index (χ3n) is 4.69. The molecule has 4 rings (SSSR count). The first-order valence-electron chi connectivity index (χ1n) is 9.39. The van der Waals surface area contributed by atoms with Crippen molar-refractivity contribution in [3.63, 3.8) is 0 Å². The highest BCUT2D eigenvalue weighted by Gasteiger charge is 2.30. The maximum absolute atomic E-state index is 12.4. The number of aryl methyl sites for hydroxylation is 2. The molecule has 1 aliphatic heterocycles. The highest BCUT2D eigenvalue weighted by Crippen LogP contribution is 2.36. The zero-order chi connectivity index (χ0) is 21.3. The van der Waals surface area contributed by atoms with E-state index in [0.29, 0.717) is 11.7 Å². The summed E-state index contributed by atoms with van der Waals surface area (Å²) in [5, 5.41) is 9.78. The van der Waals surface area contributed by atoms with Crippen molar-refractivity contribution in [2.45, 2.75) is 26.3 Å². The first-order chi connectivity index (χ1) is 14.4. The van der Waals surface area contributed by atoms with Crippen LogP contribution in [0.25, 0.3) is 0 Å². The summed E-state index contributed by atoms with van der Waals surface area (Å²) < 4.78 is 8.32. The van der Waals surface area contributed by atoms with Gasteiger partial charge in [-0.15, -0.1) is 0 Å². The molecule has 0 bridgehead atoms. The monoisotopic (exact) mass is 469 g/mol. The van der Waals surface area contributed by atoms with Gasteiger partial charge in [0.15, 0.2) is 6.61 Å². The SMILES string of the molecule is Cc1cc(C)cc(NC(=O)COc2ccc(Br)cc2C2CC(=O)Nc3ncnn32)c1. The molecular weight excluding hydrogens is 450 g/mol. The smallest absolute Gasteiger partial charge is 0.262 e. The van der Waals surface area contributed by atoms with Crippen molar-refractivity contribution < 1.29 is 14.3 Å². The molecule has 0 saturated carbocycles. The molecule has 30 heavy (non-hydrogen) atoms. The minimum absolute atomic E-state index is 0.154. The van der Waals surface area contributed by atoms with Crippen LogP contribution in [0, 0.1) is 13.8 Å². The van der Waals surface area contributed by atoms with Crippen molar-refractivity contribution in [1.29, 1.82) is 0 Å². The number of nitrogens with zero attached hydrogens (tertiary/aromatic N) is 3. The third kappa shape index (κ3) is 4.35. The minimum Gasteiger partial charge on any atom is -0.483 e. The van der Waals surface area contributed by atoms with Crippen LogP contribution < -0.4 is 15.4 Å². The predicted octanol–water partition coefficient (Wildman–Crippen LogP) is 3.61. The highest BCUT2D eigenvalue weighted by atomic mass is 79.9. The Labute approximate surface area is 181 Å². The van der Waals surface area contributed by atoms with Gasteiger partial charge in [-0.3, -0.25) is 14.9 Å². The Bertz CT molecular complexity index is 1110. The van der Waals surface area contributed by atoms with Crippen LogP contribution in [-0.4, -0.2) is 33.2 Å². The number of nitrogens with one attached hydrogen (secondary N) is 2. The summed E-state index contributed by atoms with van der Waals surface area (Å²) in [4.78, 5) is 28.6. The number of carbonyl (C=O) groups is 2. The largest absolute Gasteiger partial charge is 0.483 e. The molecule has 0 saturated heterocycles. The molecule has 0 fully saturated rings. The molecule has 1 aliphatic rings. The maximum Gasteiger partial charge on any atom is 0.262 e. The van der Waals surface area contributed by atoms with Crippen molar-refractivity contribution in [1.82, 2.24) is 14.8 Å². The standard InChI is InChI=1S/C21H20BrN5O3/c1-12-5-13(2)7-15(6-12)25-20(29)10-30-18-4-3-14(22)8-16(18)17-9-19(28)26-21-23-11-24-27(17)21/h3-8,11,17H,9-10H2,1-2H3,(H,25,29)(H,23,24,26,28). The average molecular weight is 470 g/mol. The van der Waals surface area contributed by atoms with E-state index in [1.165, 1.54) is 6.33 Å². The second-order valence-electron chi connectivity index (χ2n) is 7.19. The fourth-order valence-electron chi connectivity index (χ4n) is 3.55. The van der Waals surface area contributed by atoms with Gasteiger partial charge in [0.05, 0.1) is 12.5 Å². The van der Waals surface area contributed by atoms with Crippen molar-refractivity contribution in [3.8, 4) is 5.75 Å². The van der Waals surface area contributed by atoms with Gasteiger partial charge in [0.2, 0.25) is 11.9 Å². The van der Waals surface area contributed by atoms with E-state index in [4.69, 9.17) is 4.74 Å². The van der Waals surface area contributed by atoms with Gasteiger partial charge in [0.1, 0.15) is 12.1 Å². The number of benzene rings is 2. The Hall–Kier alpha value is -3.20. The van der Waals surface area contributed by atoms with E-state index in [1.54, 1.807) is 10.7 Å². The second-order valence-corrected chi connectivity index (χ2v) is 8.11. The number of amides is 2. The molecule has 154 valence electrons. The molecule has 1 unspecified atom stereocenters. The molecule has 8 nitrogen and oxygen atoms in total. The summed E-state index contributed by atoms with van der Waals surface area (Å²) in [5.41, 5.74) is 3.61. The Morgan fingerprint density at radius 1 is 1.27 bits per heavy atom. The van der Waals surface area contributed by atoms with E-state index in [9.17, 15) is 9.59 Å². The van der Waals surface area contributed by atoms with Crippen LogP contribution in [0.15, 0.2) is 47.2 Å². The number of fused-ring (bicyclic) bond motifs is 1. The summed E-state index contributed by atoms with van der Waals surface area (Å²) in [7, 11) is 0. The number of anilines is 2. The predicted molar refractivity (Wildman–Crippen MR) is 116 cm³/mol. The lowest BCUT2D eigenvalue weighted by molar-refractivity contribution is -0.118. The number of aromatic nitrogens is 3. The molecule has 0 spiro atoms. The molecule has 3 aromatic rings. The van der Waals surface area contributed by atoms with Crippen molar-refractivity contribution in [2.24, 2.45) is 0 Å². The quantitative estimate of drug-likeness (QED) is 0.594. The fourth-order valence-corrected chi connectivity index (χ4v) is 3.92. The Kier molecular flexibility index (Phi) is 5.54. The summed E-state index contributed by atoms with van der Waals surface area (Å²) >= 11 is 3.47. The number of ether oxygens (including phenoxy) is 1. The summed E-state index contributed by atoms with van der Waals surface area (Å²) in [6.07, 6.45) is 1.58. The fraction of sp³-hybridized carbons (Fsp3) is 0.238. The molecule has 2 heterocycles. The Balaban J connectivity index is 1.53. The van der Waals surface area contributed by atoms with Crippen LogP contribution in [-0.2, 0) is 9.59 Å². The second kappa shape index (κ2) is 8.27. The number of rotatable bonds is 5. The molecule has 2 N–H and O–H groups in total. The van der Waals surface area contributed by atoms with Crippen LogP contribution in [0.2, 0.25) is 0 Å². The average Bonchev–Trinajstić information content (AvgIpc) is 3.13. The zero-order valence-electron chi connectivity index (χ0n) is 16.5.